The normalized spacial score (nSPS) is 19.1. The van der Waals surface area contributed by atoms with Gasteiger partial charge in [0.2, 0.25) is 0 Å². The average Bonchev–Trinajstić information content (AvgIpc) is 3.30. The Kier molecular flexibility index (Phi) is 5.83. The fourth-order valence-corrected chi connectivity index (χ4v) is 4.13. The molecule has 0 N–H and O–H groups in total. The molecule has 2 aliphatic heterocycles. The van der Waals surface area contributed by atoms with Crippen LogP contribution in [0.1, 0.15) is 17.7 Å². The van der Waals surface area contributed by atoms with Crippen LogP contribution in [0.15, 0.2) is 51.8 Å². The van der Waals surface area contributed by atoms with Crippen LogP contribution < -0.4 is 4.90 Å². The summed E-state index contributed by atoms with van der Waals surface area (Å²) in [5.41, 5.74) is 1.20. The number of carbonyl (C=O) groups excluding carboxylic acids is 2. The van der Waals surface area contributed by atoms with E-state index in [1.54, 1.807) is 6.08 Å². The number of anilines is 1. The molecule has 2 saturated heterocycles. The highest BCUT2D eigenvalue weighted by Gasteiger charge is 2.34. The maximum Gasteiger partial charge on any atom is 0.293 e. The van der Waals surface area contributed by atoms with E-state index in [0.717, 1.165) is 43.6 Å². The Labute approximate surface area is 168 Å². The molecule has 1 aromatic carbocycles. The molecule has 28 heavy (non-hydrogen) atoms. The number of nitrogens with zero attached hydrogens (tertiary/aromatic N) is 2. The van der Waals surface area contributed by atoms with E-state index >= 15 is 0 Å². The number of hydrogen-bond donors (Lipinski definition) is 0. The minimum absolute atomic E-state index is 0.218. The molecular weight excluding hydrogens is 376 g/mol. The molecule has 0 spiro atoms. The van der Waals surface area contributed by atoms with Gasteiger partial charge in [0.05, 0.1) is 18.1 Å². The maximum absolute atomic E-state index is 12.6. The summed E-state index contributed by atoms with van der Waals surface area (Å²) in [5, 5.41) is -0.218. The van der Waals surface area contributed by atoms with Crippen LogP contribution in [0, 0.1) is 0 Å². The molecule has 4 rings (SSSR count). The van der Waals surface area contributed by atoms with Crippen molar-refractivity contribution in [3.63, 3.8) is 0 Å². The smallest absolute Gasteiger partial charge is 0.293 e. The molecule has 0 atom stereocenters. The Hall–Kier alpha value is -2.51. The van der Waals surface area contributed by atoms with Crippen molar-refractivity contribution in [2.45, 2.75) is 12.8 Å². The number of hydrogen-bond acceptors (Lipinski definition) is 6. The number of rotatable bonds is 6. The Morgan fingerprint density at radius 2 is 1.82 bits per heavy atom. The number of aryl methyl sites for hydroxylation is 1. The monoisotopic (exact) mass is 398 g/mol. The zero-order valence-corrected chi connectivity index (χ0v) is 16.3. The van der Waals surface area contributed by atoms with Crippen molar-refractivity contribution in [1.29, 1.82) is 0 Å². The van der Waals surface area contributed by atoms with Gasteiger partial charge < -0.3 is 14.1 Å². The van der Waals surface area contributed by atoms with Gasteiger partial charge in [0, 0.05) is 31.8 Å². The summed E-state index contributed by atoms with van der Waals surface area (Å²) in [6.07, 6.45) is 3.24. The molecule has 0 unspecified atom stereocenters. The zero-order valence-electron chi connectivity index (χ0n) is 15.5. The van der Waals surface area contributed by atoms with Crippen LogP contribution in [-0.4, -0.2) is 48.9 Å². The highest BCUT2D eigenvalue weighted by atomic mass is 32.2. The number of morpholine rings is 1. The molecule has 2 aliphatic rings. The maximum atomic E-state index is 12.6. The van der Waals surface area contributed by atoms with Gasteiger partial charge in [-0.1, -0.05) is 30.3 Å². The van der Waals surface area contributed by atoms with Crippen LogP contribution in [0.2, 0.25) is 0 Å². The second kappa shape index (κ2) is 8.67. The molecule has 0 aliphatic carbocycles. The summed E-state index contributed by atoms with van der Waals surface area (Å²) >= 11 is 0.973. The van der Waals surface area contributed by atoms with Crippen LogP contribution in [0.25, 0.3) is 6.08 Å². The fourth-order valence-electron chi connectivity index (χ4n) is 3.28. The first-order valence-corrected chi connectivity index (χ1v) is 10.2. The number of carbonyl (C=O) groups is 2. The Morgan fingerprint density at radius 1 is 1.04 bits per heavy atom. The molecule has 146 valence electrons. The van der Waals surface area contributed by atoms with E-state index < -0.39 is 0 Å². The second-order valence-corrected chi connectivity index (χ2v) is 7.69. The van der Waals surface area contributed by atoms with Gasteiger partial charge in [-0.15, -0.1) is 0 Å². The van der Waals surface area contributed by atoms with Crippen molar-refractivity contribution in [2.24, 2.45) is 0 Å². The minimum atomic E-state index is -0.243. The van der Waals surface area contributed by atoms with Gasteiger partial charge in [-0.25, -0.2) is 0 Å². The predicted octanol–water partition coefficient (Wildman–Crippen LogP) is 3.79. The van der Waals surface area contributed by atoms with E-state index in [0.29, 0.717) is 30.4 Å². The molecule has 3 heterocycles. The van der Waals surface area contributed by atoms with E-state index in [1.165, 1.54) is 10.5 Å². The van der Waals surface area contributed by atoms with Gasteiger partial charge in [-0.05, 0) is 36.2 Å². The molecule has 2 fully saturated rings. The van der Waals surface area contributed by atoms with Gasteiger partial charge in [-0.2, -0.15) is 0 Å². The first-order chi connectivity index (χ1) is 13.7. The van der Waals surface area contributed by atoms with Crippen LogP contribution in [0.4, 0.5) is 10.7 Å². The lowest BCUT2D eigenvalue weighted by atomic mass is 10.1. The molecule has 0 radical (unpaired) electrons. The van der Waals surface area contributed by atoms with Crippen molar-refractivity contribution in [1.82, 2.24) is 4.90 Å². The minimum Gasteiger partial charge on any atom is -0.441 e. The van der Waals surface area contributed by atoms with Crippen molar-refractivity contribution in [3.8, 4) is 0 Å². The average molecular weight is 398 g/mol. The number of imide groups is 1. The molecule has 0 saturated carbocycles. The summed E-state index contributed by atoms with van der Waals surface area (Å²) < 4.78 is 11.2. The molecular formula is C21H22N2O4S. The number of furan rings is 1. The summed E-state index contributed by atoms with van der Waals surface area (Å²) in [6, 6.07) is 13.8. The van der Waals surface area contributed by atoms with Crippen molar-refractivity contribution in [3.05, 3.63) is 58.7 Å². The number of amides is 2. The van der Waals surface area contributed by atoms with E-state index in [4.69, 9.17) is 9.15 Å². The van der Waals surface area contributed by atoms with Gasteiger partial charge in [0.25, 0.3) is 11.1 Å². The van der Waals surface area contributed by atoms with E-state index in [9.17, 15) is 9.59 Å². The first kappa shape index (κ1) is 18.8. The van der Waals surface area contributed by atoms with Crippen LogP contribution in [-0.2, 0) is 16.0 Å². The number of ether oxygens (including phenoxy) is 1. The number of benzene rings is 1. The highest BCUT2D eigenvalue weighted by Crippen LogP contribution is 2.33. The largest absolute Gasteiger partial charge is 0.441 e. The molecule has 0 bridgehead atoms. The summed E-state index contributed by atoms with van der Waals surface area (Å²) in [7, 11) is 0. The first-order valence-electron chi connectivity index (χ1n) is 9.42. The lowest BCUT2D eigenvalue weighted by Crippen LogP contribution is -2.35. The quantitative estimate of drug-likeness (QED) is 0.690. The third kappa shape index (κ3) is 4.31. The second-order valence-electron chi connectivity index (χ2n) is 6.70. The van der Waals surface area contributed by atoms with E-state index in [2.05, 4.69) is 17.0 Å². The Morgan fingerprint density at radius 3 is 2.61 bits per heavy atom. The van der Waals surface area contributed by atoms with E-state index in [-0.39, 0.29) is 11.1 Å². The lowest BCUT2D eigenvalue weighted by Gasteiger charge is -2.26. The third-order valence-corrected chi connectivity index (χ3v) is 5.68. The topological polar surface area (TPSA) is 63.0 Å². The number of thioether (sulfide) groups is 1. The van der Waals surface area contributed by atoms with Crippen LogP contribution in [0.5, 0.6) is 0 Å². The summed E-state index contributed by atoms with van der Waals surface area (Å²) in [6.45, 7) is 3.35. The summed E-state index contributed by atoms with van der Waals surface area (Å²) in [4.78, 5) is 28.7. The standard InChI is InChI=1S/C21H22N2O4S/c24-20-18(15-17-8-9-19(27-17)22-11-13-26-14-12-22)28-21(25)23(20)10-4-7-16-5-2-1-3-6-16/h1-3,5-6,8-9,15H,4,7,10-14H2/b18-15+. The predicted molar refractivity (Wildman–Crippen MR) is 109 cm³/mol. The zero-order chi connectivity index (χ0) is 19.3. The van der Waals surface area contributed by atoms with Crippen molar-refractivity contribution in [2.75, 3.05) is 37.7 Å². The third-order valence-electron chi connectivity index (χ3n) is 4.77. The highest BCUT2D eigenvalue weighted by molar-refractivity contribution is 8.18. The molecule has 6 nitrogen and oxygen atoms in total. The molecule has 2 amide bonds. The van der Waals surface area contributed by atoms with Crippen LogP contribution in [0.3, 0.4) is 0 Å². The molecule has 2 aromatic rings. The SMILES string of the molecule is O=C1S/C(=C/c2ccc(N3CCOCC3)o2)C(=O)N1CCCc1ccccc1. The van der Waals surface area contributed by atoms with Gasteiger partial charge in [-0.3, -0.25) is 14.5 Å². The van der Waals surface area contributed by atoms with E-state index in [1.807, 2.05) is 30.3 Å². The van der Waals surface area contributed by atoms with Crippen molar-refractivity contribution >= 4 is 34.9 Å². The van der Waals surface area contributed by atoms with Gasteiger partial charge >= 0.3 is 0 Å². The van der Waals surface area contributed by atoms with Gasteiger partial charge in [0.15, 0.2) is 5.88 Å². The van der Waals surface area contributed by atoms with Gasteiger partial charge in [0.1, 0.15) is 5.76 Å². The van der Waals surface area contributed by atoms with Crippen molar-refractivity contribution < 1.29 is 18.7 Å². The Bertz CT molecular complexity index is 872. The lowest BCUT2D eigenvalue weighted by molar-refractivity contribution is -0.122. The fraction of sp³-hybridized carbons (Fsp3) is 0.333. The summed E-state index contributed by atoms with van der Waals surface area (Å²) in [5.74, 6) is 1.10. The molecule has 7 heteroatoms. The Balaban J connectivity index is 1.37. The van der Waals surface area contributed by atoms with Crippen LogP contribution >= 0.6 is 11.8 Å². The molecule has 1 aromatic heterocycles.